The molecule has 0 aromatic heterocycles. The highest BCUT2D eigenvalue weighted by Gasteiger charge is 2.19. The van der Waals surface area contributed by atoms with Crippen molar-refractivity contribution in [3.63, 3.8) is 0 Å². The summed E-state index contributed by atoms with van der Waals surface area (Å²) >= 11 is 0. The van der Waals surface area contributed by atoms with E-state index in [9.17, 15) is 13.2 Å². The standard InChI is InChI=1S/C22H30N4O4S/c1-24(2)31(28,29)21-10-4-18(5-11-21)22(27)23-12-13-25-14-16-26(17-15-25)19-6-8-20(30-3)9-7-19/h4-11H,12-17H2,1-3H3,(H,23,27). The SMILES string of the molecule is COc1ccc(N2CCN(CCNC(=O)c3ccc(S(=O)(=O)N(C)C)cc3)CC2)cc1. The number of carbonyl (C=O) groups is 1. The number of sulfonamides is 1. The van der Waals surface area contributed by atoms with E-state index in [2.05, 4.69) is 27.2 Å². The predicted octanol–water partition coefficient (Wildman–Crippen LogP) is 1.50. The Morgan fingerprint density at radius 1 is 1.00 bits per heavy atom. The smallest absolute Gasteiger partial charge is 0.251 e. The molecule has 1 saturated heterocycles. The summed E-state index contributed by atoms with van der Waals surface area (Å²) in [6.45, 7) is 5.04. The number of methoxy groups -OCH3 is 1. The molecule has 1 amide bonds. The summed E-state index contributed by atoms with van der Waals surface area (Å²) in [7, 11) is 1.13. The van der Waals surface area contributed by atoms with E-state index in [0.717, 1.165) is 42.8 Å². The van der Waals surface area contributed by atoms with Gasteiger partial charge in [0, 0.05) is 64.6 Å². The molecule has 0 aliphatic carbocycles. The molecule has 3 rings (SSSR count). The van der Waals surface area contributed by atoms with E-state index in [1.807, 2.05) is 12.1 Å². The molecule has 8 nitrogen and oxygen atoms in total. The van der Waals surface area contributed by atoms with Crippen LogP contribution in [0.15, 0.2) is 53.4 Å². The van der Waals surface area contributed by atoms with Crippen molar-refractivity contribution in [2.24, 2.45) is 0 Å². The van der Waals surface area contributed by atoms with Crippen molar-refractivity contribution in [1.82, 2.24) is 14.5 Å². The van der Waals surface area contributed by atoms with Crippen LogP contribution >= 0.6 is 0 Å². The van der Waals surface area contributed by atoms with E-state index >= 15 is 0 Å². The number of hydrogen-bond donors (Lipinski definition) is 1. The average Bonchev–Trinajstić information content (AvgIpc) is 2.79. The highest BCUT2D eigenvalue weighted by atomic mass is 32.2. The van der Waals surface area contributed by atoms with Crippen LogP contribution in [0.1, 0.15) is 10.4 Å². The minimum atomic E-state index is -3.49. The van der Waals surface area contributed by atoms with Crippen molar-refractivity contribution < 1.29 is 17.9 Å². The van der Waals surface area contributed by atoms with Crippen LogP contribution in [-0.2, 0) is 10.0 Å². The molecule has 0 radical (unpaired) electrons. The van der Waals surface area contributed by atoms with Gasteiger partial charge in [0.1, 0.15) is 5.75 Å². The molecule has 1 aliphatic rings. The summed E-state index contributed by atoms with van der Waals surface area (Å²) in [6, 6.07) is 14.1. The zero-order valence-electron chi connectivity index (χ0n) is 18.2. The third-order valence-corrected chi connectivity index (χ3v) is 7.25. The maximum absolute atomic E-state index is 12.4. The van der Waals surface area contributed by atoms with Gasteiger partial charge < -0.3 is 15.0 Å². The molecule has 31 heavy (non-hydrogen) atoms. The molecule has 0 atom stereocenters. The van der Waals surface area contributed by atoms with Gasteiger partial charge in [-0.05, 0) is 48.5 Å². The van der Waals surface area contributed by atoms with Crippen molar-refractivity contribution in [1.29, 1.82) is 0 Å². The van der Waals surface area contributed by atoms with Crippen LogP contribution in [0, 0.1) is 0 Å². The largest absolute Gasteiger partial charge is 0.497 e. The first-order valence-corrected chi connectivity index (χ1v) is 11.7. The Balaban J connectivity index is 1.43. The van der Waals surface area contributed by atoms with Gasteiger partial charge in [0.05, 0.1) is 12.0 Å². The lowest BCUT2D eigenvalue weighted by Crippen LogP contribution is -2.48. The van der Waals surface area contributed by atoms with E-state index in [0.29, 0.717) is 12.1 Å². The molecular formula is C22H30N4O4S. The predicted molar refractivity (Wildman–Crippen MR) is 121 cm³/mol. The Bertz CT molecular complexity index is 968. The number of piperazine rings is 1. The van der Waals surface area contributed by atoms with Gasteiger partial charge in [0.15, 0.2) is 0 Å². The number of nitrogens with zero attached hydrogens (tertiary/aromatic N) is 3. The number of nitrogens with one attached hydrogen (secondary N) is 1. The van der Waals surface area contributed by atoms with Crippen LogP contribution in [0.5, 0.6) is 5.75 Å². The molecule has 2 aromatic rings. The number of amides is 1. The van der Waals surface area contributed by atoms with Crippen LogP contribution in [0.3, 0.4) is 0 Å². The van der Waals surface area contributed by atoms with Gasteiger partial charge in [-0.2, -0.15) is 0 Å². The average molecular weight is 447 g/mol. The first kappa shape index (κ1) is 23.1. The Morgan fingerprint density at radius 2 is 1.61 bits per heavy atom. The third-order valence-electron chi connectivity index (χ3n) is 5.42. The monoisotopic (exact) mass is 446 g/mol. The number of hydrogen-bond acceptors (Lipinski definition) is 6. The minimum absolute atomic E-state index is 0.170. The summed E-state index contributed by atoms with van der Waals surface area (Å²) in [5, 5.41) is 2.91. The highest BCUT2D eigenvalue weighted by molar-refractivity contribution is 7.89. The molecular weight excluding hydrogens is 416 g/mol. The van der Waals surface area contributed by atoms with E-state index < -0.39 is 10.0 Å². The van der Waals surface area contributed by atoms with E-state index in [1.54, 1.807) is 19.2 Å². The fourth-order valence-electron chi connectivity index (χ4n) is 3.44. The van der Waals surface area contributed by atoms with Gasteiger partial charge >= 0.3 is 0 Å². The van der Waals surface area contributed by atoms with Crippen molar-refractivity contribution >= 4 is 21.6 Å². The lowest BCUT2D eigenvalue weighted by molar-refractivity contribution is 0.0947. The minimum Gasteiger partial charge on any atom is -0.497 e. The van der Waals surface area contributed by atoms with Crippen molar-refractivity contribution in [2.75, 3.05) is 65.4 Å². The molecule has 0 bridgehead atoms. The molecule has 1 heterocycles. The van der Waals surface area contributed by atoms with Crippen LogP contribution in [0.25, 0.3) is 0 Å². The van der Waals surface area contributed by atoms with Crippen molar-refractivity contribution in [3.05, 3.63) is 54.1 Å². The van der Waals surface area contributed by atoms with Crippen LogP contribution < -0.4 is 15.0 Å². The Kier molecular flexibility index (Phi) is 7.53. The molecule has 0 unspecified atom stereocenters. The second kappa shape index (κ2) is 10.1. The number of carbonyl (C=O) groups excluding carboxylic acids is 1. The molecule has 9 heteroatoms. The highest BCUT2D eigenvalue weighted by Crippen LogP contribution is 2.20. The molecule has 0 spiro atoms. The van der Waals surface area contributed by atoms with Crippen molar-refractivity contribution in [3.8, 4) is 5.75 Å². The lowest BCUT2D eigenvalue weighted by atomic mass is 10.2. The van der Waals surface area contributed by atoms with Gasteiger partial charge in [-0.15, -0.1) is 0 Å². The zero-order chi connectivity index (χ0) is 22.4. The summed E-state index contributed by atoms with van der Waals surface area (Å²) in [4.78, 5) is 17.2. The second-order valence-electron chi connectivity index (χ2n) is 7.59. The van der Waals surface area contributed by atoms with E-state index in [-0.39, 0.29) is 10.8 Å². The van der Waals surface area contributed by atoms with E-state index in [4.69, 9.17) is 4.74 Å². The third kappa shape index (κ3) is 5.75. The summed E-state index contributed by atoms with van der Waals surface area (Å²) in [6.07, 6.45) is 0. The normalized spacial score (nSPS) is 15.2. The number of ether oxygens (including phenoxy) is 1. The Morgan fingerprint density at radius 3 is 2.16 bits per heavy atom. The molecule has 1 aliphatic heterocycles. The quantitative estimate of drug-likeness (QED) is 0.662. The molecule has 0 saturated carbocycles. The zero-order valence-corrected chi connectivity index (χ0v) is 19.1. The molecule has 168 valence electrons. The number of rotatable bonds is 8. The summed E-state index contributed by atoms with van der Waals surface area (Å²) < 4.78 is 30.6. The van der Waals surface area contributed by atoms with Crippen LogP contribution in [-0.4, -0.2) is 84.0 Å². The maximum Gasteiger partial charge on any atom is 0.251 e. The van der Waals surface area contributed by atoms with Crippen LogP contribution in [0.4, 0.5) is 5.69 Å². The second-order valence-corrected chi connectivity index (χ2v) is 9.75. The summed E-state index contributed by atoms with van der Waals surface area (Å²) in [5.74, 6) is 0.651. The van der Waals surface area contributed by atoms with Gasteiger partial charge in [-0.1, -0.05) is 0 Å². The fourth-order valence-corrected chi connectivity index (χ4v) is 4.34. The fraction of sp³-hybridized carbons (Fsp3) is 0.409. The topological polar surface area (TPSA) is 82.2 Å². The molecule has 1 N–H and O–H groups in total. The number of benzene rings is 2. The van der Waals surface area contributed by atoms with Crippen LogP contribution in [0.2, 0.25) is 0 Å². The van der Waals surface area contributed by atoms with Gasteiger partial charge in [0.25, 0.3) is 5.91 Å². The lowest BCUT2D eigenvalue weighted by Gasteiger charge is -2.36. The molecule has 1 fully saturated rings. The van der Waals surface area contributed by atoms with Gasteiger partial charge in [-0.25, -0.2) is 12.7 Å². The Hall–Kier alpha value is -2.62. The Labute approximate surface area is 184 Å². The first-order valence-electron chi connectivity index (χ1n) is 10.2. The number of anilines is 1. The van der Waals surface area contributed by atoms with Crippen molar-refractivity contribution in [2.45, 2.75) is 4.90 Å². The van der Waals surface area contributed by atoms with Gasteiger partial charge in [-0.3, -0.25) is 9.69 Å². The van der Waals surface area contributed by atoms with Gasteiger partial charge in [0.2, 0.25) is 10.0 Å². The van der Waals surface area contributed by atoms with E-state index in [1.165, 1.54) is 31.9 Å². The first-order chi connectivity index (χ1) is 14.8. The molecule has 2 aromatic carbocycles. The summed E-state index contributed by atoms with van der Waals surface area (Å²) in [5.41, 5.74) is 1.63. The maximum atomic E-state index is 12.4.